The Kier molecular flexibility index (Phi) is 3.18. The van der Waals surface area contributed by atoms with E-state index < -0.39 is 6.04 Å². The molecule has 0 aliphatic carbocycles. The van der Waals surface area contributed by atoms with Crippen LogP contribution in [-0.4, -0.2) is 13.0 Å². The maximum absolute atomic E-state index is 11.6. The molecule has 3 rings (SSSR count). The molecule has 0 spiro atoms. The number of aryl methyl sites for hydroxylation is 2. The summed E-state index contributed by atoms with van der Waals surface area (Å²) in [4.78, 5) is 13.7. The minimum absolute atomic E-state index is 0.142. The fourth-order valence-electron chi connectivity index (χ4n) is 2.80. The molecule has 1 amide bonds. The Balaban J connectivity index is 1.98. The summed E-state index contributed by atoms with van der Waals surface area (Å²) in [7, 11) is 2.02. The molecule has 4 nitrogen and oxygen atoms in total. The number of fused-ring (bicyclic) bond motifs is 1. The van der Waals surface area contributed by atoms with E-state index in [1.807, 2.05) is 25.2 Å². The molecular formula is C17H19N3O. The molecule has 1 unspecified atom stereocenters. The van der Waals surface area contributed by atoms with Crippen LogP contribution in [0.2, 0.25) is 0 Å². The van der Waals surface area contributed by atoms with Gasteiger partial charge in [0.1, 0.15) is 6.04 Å². The van der Waals surface area contributed by atoms with Gasteiger partial charge in [-0.2, -0.15) is 0 Å². The summed E-state index contributed by atoms with van der Waals surface area (Å²) in [5, 5.41) is 2.83. The molecule has 1 aliphatic heterocycles. The maximum Gasteiger partial charge on any atom is 0.245 e. The van der Waals surface area contributed by atoms with Crippen LogP contribution >= 0.6 is 0 Å². The van der Waals surface area contributed by atoms with Crippen molar-refractivity contribution < 1.29 is 4.79 Å². The monoisotopic (exact) mass is 281 g/mol. The van der Waals surface area contributed by atoms with Gasteiger partial charge in [0, 0.05) is 29.7 Å². The van der Waals surface area contributed by atoms with Crippen molar-refractivity contribution >= 4 is 23.0 Å². The first kappa shape index (κ1) is 13.6. The van der Waals surface area contributed by atoms with Crippen LogP contribution in [0.3, 0.4) is 0 Å². The average Bonchev–Trinajstić information content (AvgIpc) is 2.73. The Hall–Kier alpha value is -2.33. The van der Waals surface area contributed by atoms with E-state index in [9.17, 15) is 4.79 Å². The van der Waals surface area contributed by atoms with E-state index in [4.69, 9.17) is 5.73 Å². The van der Waals surface area contributed by atoms with E-state index in [2.05, 4.69) is 42.3 Å². The predicted octanol–water partition coefficient (Wildman–Crippen LogP) is 3.02. The third-order valence-corrected chi connectivity index (χ3v) is 4.01. The molecule has 0 saturated heterocycles. The topological polar surface area (TPSA) is 58.4 Å². The quantitative estimate of drug-likeness (QED) is 0.889. The SMILES string of the molecule is Cc1ccc(N(C)c2ccc3c(c2)NC(=O)C3N)c(C)c1. The Morgan fingerprint density at radius 3 is 2.62 bits per heavy atom. The van der Waals surface area contributed by atoms with Crippen molar-refractivity contribution in [3.63, 3.8) is 0 Å². The molecule has 0 aromatic heterocycles. The van der Waals surface area contributed by atoms with Gasteiger partial charge in [0.25, 0.3) is 0 Å². The number of rotatable bonds is 2. The highest BCUT2D eigenvalue weighted by Gasteiger charge is 2.27. The minimum atomic E-state index is -0.555. The smallest absolute Gasteiger partial charge is 0.245 e. The van der Waals surface area contributed by atoms with Crippen molar-refractivity contribution in [2.75, 3.05) is 17.3 Å². The first-order valence-corrected chi connectivity index (χ1v) is 6.99. The van der Waals surface area contributed by atoms with E-state index in [1.165, 1.54) is 11.1 Å². The largest absolute Gasteiger partial charge is 0.344 e. The Labute approximate surface area is 124 Å². The van der Waals surface area contributed by atoms with Gasteiger partial charge in [-0.05, 0) is 37.6 Å². The summed E-state index contributed by atoms with van der Waals surface area (Å²) in [6, 6.07) is 11.7. The normalized spacial score (nSPS) is 16.6. The van der Waals surface area contributed by atoms with Gasteiger partial charge in [-0.3, -0.25) is 4.79 Å². The minimum Gasteiger partial charge on any atom is -0.344 e. The van der Waals surface area contributed by atoms with Gasteiger partial charge in [-0.25, -0.2) is 0 Å². The summed E-state index contributed by atoms with van der Waals surface area (Å²) in [5.41, 5.74) is 12.1. The van der Waals surface area contributed by atoms with Crippen LogP contribution in [0.15, 0.2) is 36.4 Å². The predicted molar refractivity (Wildman–Crippen MR) is 86.0 cm³/mol. The van der Waals surface area contributed by atoms with Gasteiger partial charge >= 0.3 is 0 Å². The number of nitrogens with zero attached hydrogens (tertiary/aromatic N) is 1. The number of carbonyl (C=O) groups excluding carboxylic acids is 1. The van der Waals surface area contributed by atoms with E-state index in [0.29, 0.717) is 0 Å². The van der Waals surface area contributed by atoms with E-state index >= 15 is 0 Å². The lowest BCUT2D eigenvalue weighted by atomic mass is 10.1. The molecule has 2 aromatic carbocycles. The van der Waals surface area contributed by atoms with Crippen molar-refractivity contribution in [3.05, 3.63) is 53.1 Å². The number of hydrogen-bond acceptors (Lipinski definition) is 3. The summed E-state index contributed by atoms with van der Waals surface area (Å²) in [6.07, 6.45) is 0. The summed E-state index contributed by atoms with van der Waals surface area (Å²) in [6.45, 7) is 4.19. The number of nitrogens with two attached hydrogens (primary N) is 1. The molecule has 1 aliphatic rings. The number of anilines is 3. The van der Waals surface area contributed by atoms with Crippen LogP contribution in [0, 0.1) is 13.8 Å². The van der Waals surface area contributed by atoms with E-state index in [0.717, 1.165) is 22.6 Å². The lowest BCUT2D eigenvalue weighted by Gasteiger charge is -2.22. The first-order valence-electron chi connectivity index (χ1n) is 6.99. The third-order valence-electron chi connectivity index (χ3n) is 4.01. The molecule has 21 heavy (non-hydrogen) atoms. The number of amides is 1. The first-order chi connectivity index (χ1) is 9.97. The molecule has 0 radical (unpaired) electrons. The summed E-state index contributed by atoms with van der Waals surface area (Å²) < 4.78 is 0. The fourth-order valence-corrected chi connectivity index (χ4v) is 2.80. The maximum atomic E-state index is 11.6. The van der Waals surface area contributed by atoms with Crippen LogP contribution in [0.25, 0.3) is 0 Å². The van der Waals surface area contributed by atoms with Crippen LogP contribution in [0.1, 0.15) is 22.7 Å². The summed E-state index contributed by atoms with van der Waals surface area (Å²) in [5.74, 6) is -0.142. The van der Waals surface area contributed by atoms with Crippen molar-refractivity contribution in [2.45, 2.75) is 19.9 Å². The Morgan fingerprint density at radius 1 is 1.14 bits per heavy atom. The van der Waals surface area contributed by atoms with Gasteiger partial charge in [0.2, 0.25) is 5.91 Å². The van der Waals surface area contributed by atoms with E-state index in [-0.39, 0.29) is 5.91 Å². The standard InChI is InChI=1S/C17H19N3O/c1-10-4-7-15(11(2)8-10)20(3)12-5-6-13-14(9-12)19-17(21)16(13)18/h4-9,16H,18H2,1-3H3,(H,19,21). The molecule has 0 saturated carbocycles. The second kappa shape index (κ2) is 4.90. The Morgan fingerprint density at radius 2 is 1.90 bits per heavy atom. The molecule has 0 fully saturated rings. The molecule has 2 aromatic rings. The zero-order valence-corrected chi connectivity index (χ0v) is 12.5. The molecule has 1 atom stereocenters. The van der Waals surface area contributed by atoms with Crippen LogP contribution < -0.4 is 16.0 Å². The van der Waals surface area contributed by atoms with Crippen molar-refractivity contribution in [1.29, 1.82) is 0 Å². The number of nitrogens with one attached hydrogen (secondary N) is 1. The lowest BCUT2D eigenvalue weighted by Crippen LogP contribution is -2.19. The van der Waals surface area contributed by atoms with Gasteiger partial charge in [0.05, 0.1) is 0 Å². The molecule has 1 heterocycles. The van der Waals surface area contributed by atoms with Crippen molar-refractivity contribution in [2.24, 2.45) is 5.73 Å². The van der Waals surface area contributed by atoms with Gasteiger partial charge in [-0.1, -0.05) is 23.8 Å². The highest BCUT2D eigenvalue weighted by Crippen LogP contribution is 2.35. The second-order valence-electron chi connectivity index (χ2n) is 5.59. The van der Waals surface area contributed by atoms with Gasteiger partial charge < -0.3 is 16.0 Å². The average molecular weight is 281 g/mol. The lowest BCUT2D eigenvalue weighted by molar-refractivity contribution is -0.116. The zero-order chi connectivity index (χ0) is 15.1. The molecule has 108 valence electrons. The van der Waals surface area contributed by atoms with Crippen molar-refractivity contribution in [1.82, 2.24) is 0 Å². The van der Waals surface area contributed by atoms with Crippen LogP contribution in [0.5, 0.6) is 0 Å². The second-order valence-corrected chi connectivity index (χ2v) is 5.59. The number of hydrogen-bond donors (Lipinski definition) is 2. The highest BCUT2D eigenvalue weighted by atomic mass is 16.2. The molecule has 3 N–H and O–H groups in total. The highest BCUT2D eigenvalue weighted by molar-refractivity contribution is 6.03. The summed E-state index contributed by atoms with van der Waals surface area (Å²) >= 11 is 0. The van der Waals surface area contributed by atoms with Crippen molar-refractivity contribution in [3.8, 4) is 0 Å². The molecular weight excluding hydrogens is 262 g/mol. The molecule has 4 heteroatoms. The number of benzene rings is 2. The number of carbonyl (C=O) groups is 1. The fraction of sp³-hybridized carbons (Fsp3) is 0.235. The van der Waals surface area contributed by atoms with Gasteiger partial charge in [0.15, 0.2) is 0 Å². The molecule has 0 bridgehead atoms. The van der Waals surface area contributed by atoms with Crippen LogP contribution in [-0.2, 0) is 4.79 Å². The van der Waals surface area contributed by atoms with Crippen LogP contribution in [0.4, 0.5) is 17.1 Å². The Bertz CT molecular complexity index is 724. The zero-order valence-electron chi connectivity index (χ0n) is 12.5. The van der Waals surface area contributed by atoms with E-state index in [1.54, 1.807) is 0 Å². The van der Waals surface area contributed by atoms with Gasteiger partial charge in [-0.15, -0.1) is 0 Å². The third kappa shape index (κ3) is 2.28.